The number of hydrogen-bond donors (Lipinski definition) is 2. The number of likely N-dealkylation sites (tertiary alicyclic amines) is 1. The maximum absolute atomic E-state index is 12.2. The number of carbonyl (C=O) groups is 2. The van der Waals surface area contributed by atoms with Crippen LogP contribution in [0.2, 0.25) is 0 Å². The quantitative estimate of drug-likeness (QED) is 0.894. The Morgan fingerprint density at radius 1 is 1.38 bits per heavy atom. The van der Waals surface area contributed by atoms with Crippen LogP contribution in [0.5, 0.6) is 0 Å². The van der Waals surface area contributed by atoms with Crippen molar-refractivity contribution in [1.29, 1.82) is 0 Å². The molecule has 1 fully saturated rings. The summed E-state index contributed by atoms with van der Waals surface area (Å²) < 4.78 is 0. The summed E-state index contributed by atoms with van der Waals surface area (Å²) in [5, 5.41) is 11.9. The molecule has 1 atom stereocenters. The lowest BCUT2D eigenvalue weighted by atomic mass is 9.99. The molecular formula is C15H21N3O3. The van der Waals surface area contributed by atoms with Gasteiger partial charge in [0, 0.05) is 38.6 Å². The lowest BCUT2D eigenvalue weighted by molar-refractivity contribution is -0.143. The second kappa shape index (κ2) is 6.47. The van der Waals surface area contributed by atoms with Crippen LogP contribution in [0.3, 0.4) is 0 Å². The normalized spacial score (nSPS) is 18.2. The molecule has 2 amide bonds. The summed E-state index contributed by atoms with van der Waals surface area (Å²) in [7, 11) is 3.87. The Kier molecular flexibility index (Phi) is 4.67. The van der Waals surface area contributed by atoms with Gasteiger partial charge in [0.15, 0.2) is 0 Å². The number of carbonyl (C=O) groups excluding carboxylic acids is 1. The van der Waals surface area contributed by atoms with Crippen molar-refractivity contribution in [3.05, 3.63) is 24.3 Å². The number of urea groups is 1. The average Bonchev–Trinajstić information content (AvgIpc) is 2.47. The lowest BCUT2D eigenvalue weighted by Crippen LogP contribution is -2.44. The van der Waals surface area contributed by atoms with Crippen LogP contribution in [-0.4, -0.2) is 49.2 Å². The van der Waals surface area contributed by atoms with E-state index in [1.807, 2.05) is 43.3 Å². The molecule has 0 radical (unpaired) electrons. The molecule has 1 aromatic carbocycles. The number of anilines is 2. The number of nitrogens with zero attached hydrogens (tertiary/aromatic N) is 2. The Morgan fingerprint density at radius 2 is 2.14 bits per heavy atom. The number of rotatable bonds is 3. The van der Waals surface area contributed by atoms with E-state index in [1.54, 1.807) is 4.90 Å². The van der Waals surface area contributed by atoms with Crippen molar-refractivity contribution in [2.24, 2.45) is 5.92 Å². The molecule has 1 aromatic rings. The van der Waals surface area contributed by atoms with Crippen molar-refractivity contribution in [3.63, 3.8) is 0 Å². The molecule has 1 aliphatic rings. The van der Waals surface area contributed by atoms with Crippen LogP contribution in [0.25, 0.3) is 0 Å². The summed E-state index contributed by atoms with van der Waals surface area (Å²) in [5.41, 5.74) is 1.71. The molecule has 0 unspecified atom stereocenters. The Labute approximate surface area is 124 Å². The molecule has 6 heteroatoms. The number of benzene rings is 1. The zero-order valence-corrected chi connectivity index (χ0v) is 12.4. The first-order chi connectivity index (χ1) is 9.97. The Morgan fingerprint density at radius 3 is 2.81 bits per heavy atom. The molecule has 21 heavy (non-hydrogen) atoms. The van der Waals surface area contributed by atoms with E-state index in [2.05, 4.69) is 5.32 Å². The van der Waals surface area contributed by atoms with E-state index in [4.69, 9.17) is 5.11 Å². The van der Waals surface area contributed by atoms with Gasteiger partial charge in [-0.25, -0.2) is 4.79 Å². The molecule has 2 rings (SSSR count). The monoisotopic (exact) mass is 291 g/mol. The maximum atomic E-state index is 12.2. The minimum atomic E-state index is -0.831. The van der Waals surface area contributed by atoms with E-state index < -0.39 is 11.9 Å². The molecule has 1 saturated heterocycles. The third-order valence-corrected chi connectivity index (χ3v) is 3.67. The molecule has 1 heterocycles. The fourth-order valence-electron chi connectivity index (χ4n) is 2.43. The highest BCUT2D eigenvalue weighted by Crippen LogP contribution is 2.20. The zero-order chi connectivity index (χ0) is 15.4. The number of hydrogen-bond acceptors (Lipinski definition) is 3. The lowest BCUT2D eigenvalue weighted by Gasteiger charge is -2.30. The fourth-order valence-corrected chi connectivity index (χ4v) is 2.43. The van der Waals surface area contributed by atoms with Crippen LogP contribution in [0.1, 0.15) is 12.8 Å². The molecule has 0 aliphatic carbocycles. The molecule has 0 spiro atoms. The predicted octanol–water partition coefficient (Wildman–Crippen LogP) is 2.08. The van der Waals surface area contributed by atoms with Crippen LogP contribution in [-0.2, 0) is 4.79 Å². The fraction of sp³-hybridized carbons (Fsp3) is 0.467. The summed E-state index contributed by atoms with van der Waals surface area (Å²) in [6, 6.07) is 7.30. The number of nitrogens with one attached hydrogen (secondary N) is 1. The van der Waals surface area contributed by atoms with E-state index in [1.165, 1.54) is 0 Å². The van der Waals surface area contributed by atoms with Crippen LogP contribution in [0.4, 0.5) is 16.2 Å². The molecule has 1 aliphatic heterocycles. The highest BCUT2D eigenvalue weighted by Gasteiger charge is 2.28. The summed E-state index contributed by atoms with van der Waals surface area (Å²) in [5.74, 6) is -1.29. The van der Waals surface area contributed by atoms with Gasteiger partial charge >= 0.3 is 12.0 Å². The molecular weight excluding hydrogens is 270 g/mol. The Hall–Kier alpha value is -2.24. The van der Waals surface area contributed by atoms with Crippen molar-refractivity contribution in [2.45, 2.75) is 12.8 Å². The van der Waals surface area contributed by atoms with Gasteiger partial charge in [0.1, 0.15) is 0 Å². The van der Waals surface area contributed by atoms with Gasteiger partial charge in [-0.05, 0) is 31.0 Å². The third-order valence-electron chi connectivity index (χ3n) is 3.67. The SMILES string of the molecule is CN(C)c1cccc(NC(=O)N2CCC[C@H](C(=O)O)C2)c1. The minimum Gasteiger partial charge on any atom is -0.481 e. The van der Waals surface area contributed by atoms with Gasteiger partial charge in [-0.15, -0.1) is 0 Å². The smallest absolute Gasteiger partial charge is 0.321 e. The van der Waals surface area contributed by atoms with E-state index in [0.717, 1.165) is 12.1 Å². The van der Waals surface area contributed by atoms with E-state index in [-0.39, 0.29) is 12.6 Å². The van der Waals surface area contributed by atoms with Crippen LogP contribution < -0.4 is 10.2 Å². The van der Waals surface area contributed by atoms with Crippen molar-refractivity contribution >= 4 is 23.4 Å². The summed E-state index contributed by atoms with van der Waals surface area (Å²) >= 11 is 0. The Bertz CT molecular complexity index is 531. The number of amides is 2. The Balaban J connectivity index is 2.01. The second-order valence-corrected chi connectivity index (χ2v) is 5.50. The molecule has 0 bridgehead atoms. The standard InChI is InChI=1S/C15H21N3O3/c1-17(2)13-7-3-6-12(9-13)16-15(21)18-8-4-5-11(10-18)14(19)20/h3,6-7,9,11H,4-5,8,10H2,1-2H3,(H,16,21)(H,19,20)/t11-/m0/s1. The van der Waals surface area contributed by atoms with Gasteiger partial charge in [-0.2, -0.15) is 0 Å². The summed E-state index contributed by atoms with van der Waals surface area (Å²) in [6.45, 7) is 0.873. The van der Waals surface area contributed by atoms with E-state index in [0.29, 0.717) is 18.7 Å². The van der Waals surface area contributed by atoms with Crippen molar-refractivity contribution in [1.82, 2.24) is 4.90 Å². The minimum absolute atomic E-state index is 0.239. The molecule has 0 saturated carbocycles. The number of aliphatic carboxylic acids is 1. The highest BCUT2D eigenvalue weighted by atomic mass is 16.4. The summed E-state index contributed by atoms with van der Waals surface area (Å²) in [6.07, 6.45) is 1.36. The van der Waals surface area contributed by atoms with E-state index in [9.17, 15) is 9.59 Å². The topological polar surface area (TPSA) is 72.9 Å². The van der Waals surface area contributed by atoms with Crippen LogP contribution in [0.15, 0.2) is 24.3 Å². The molecule has 6 nitrogen and oxygen atoms in total. The first kappa shape index (κ1) is 15.2. The average molecular weight is 291 g/mol. The van der Waals surface area contributed by atoms with Gasteiger partial charge in [-0.3, -0.25) is 4.79 Å². The predicted molar refractivity (Wildman–Crippen MR) is 81.7 cm³/mol. The van der Waals surface area contributed by atoms with E-state index >= 15 is 0 Å². The number of carboxylic acids is 1. The first-order valence-corrected chi connectivity index (χ1v) is 7.03. The maximum Gasteiger partial charge on any atom is 0.321 e. The summed E-state index contributed by atoms with van der Waals surface area (Å²) in [4.78, 5) is 26.8. The zero-order valence-electron chi connectivity index (χ0n) is 12.4. The van der Waals surface area contributed by atoms with Crippen molar-refractivity contribution in [2.75, 3.05) is 37.4 Å². The highest BCUT2D eigenvalue weighted by molar-refractivity contribution is 5.90. The molecule has 2 N–H and O–H groups in total. The first-order valence-electron chi connectivity index (χ1n) is 7.03. The van der Waals surface area contributed by atoms with Gasteiger partial charge in [0.2, 0.25) is 0 Å². The van der Waals surface area contributed by atoms with Gasteiger partial charge in [0.25, 0.3) is 0 Å². The van der Waals surface area contributed by atoms with Crippen LogP contribution >= 0.6 is 0 Å². The molecule has 114 valence electrons. The largest absolute Gasteiger partial charge is 0.481 e. The number of carboxylic acid groups (broad SMARTS) is 1. The third kappa shape index (κ3) is 3.87. The van der Waals surface area contributed by atoms with Crippen LogP contribution in [0, 0.1) is 5.92 Å². The molecule has 0 aromatic heterocycles. The van der Waals surface area contributed by atoms with Gasteiger partial charge in [0.05, 0.1) is 5.92 Å². The van der Waals surface area contributed by atoms with Gasteiger partial charge in [-0.1, -0.05) is 6.07 Å². The number of piperidine rings is 1. The van der Waals surface area contributed by atoms with Crippen molar-refractivity contribution in [3.8, 4) is 0 Å². The van der Waals surface area contributed by atoms with Crippen molar-refractivity contribution < 1.29 is 14.7 Å². The second-order valence-electron chi connectivity index (χ2n) is 5.50. The van der Waals surface area contributed by atoms with Gasteiger partial charge < -0.3 is 20.2 Å².